The van der Waals surface area contributed by atoms with Gasteiger partial charge in [0.2, 0.25) is 0 Å². The van der Waals surface area contributed by atoms with Crippen LogP contribution in [0.2, 0.25) is 0 Å². The second-order valence-corrected chi connectivity index (χ2v) is 3.20. The van der Waals surface area contributed by atoms with E-state index < -0.39 is 32.7 Å². The number of nitrogens with zero attached hydrogens (tertiary/aromatic N) is 2. The van der Waals surface area contributed by atoms with Crippen molar-refractivity contribution in [2.75, 3.05) is 0 Å². The van der Waals surface area contributed by atoms with Crippen molar-refractivity contribution in [3.63, 3.8) is 0 Å². The number of fused-ring (bicyclic) bond motifs is 1. The van der Waals surface area contributed by atoms with E-state index in [9.17, 15) is 25.0 Å². The zero-order valence-electron chi connectivity index (χ0n) is 8.09. The fourth-order valence-corrected chi connectivity index (χ4v) is 1.59. The van der Waals surface area contributed by atoms with E-state index in [-0.39, 0.29) is 11.4 Å². The number of nitro benzene ring substituents is 2. The molecule has 2 rings (SSSR count). The van der Waals surface area contributed by atoms with Crippen molar-refractivity contribution in [3.05, 3.63) is 43.5 Å². The highest BCUT2D eigenvalue weighted by Gasteiger charge is 2.39. The minimum atomic E-state index is -0.991. The first kappa shape index (κ1) is 10.7. The van der Waals surface area contributed by atoms with Gasteiger partial charge in [0, 0.05) is 11.6 Å². The molecule has 2 N–H and O–H groups in total. The Bertz CT molecular complexity index is 594. The van der Waals surface area contributed by atoms with Gasteiger partial charge in [-0.1, -0.05) is 0 Å². The van der Waals surface area contributed by atoms with Crippen molar-refractivity contribution in [1.29, 1.82) is 5.41 Å². The first-order valence-electron chi connectivity index (χ1n) is 4.29. The molecule has 0 saturated carbocycles. The van der Waals surface area contributed by atoms with Crippen LogP contribution >= 0.6 is 0 Å². The molecular weight excluding hydrogens is 232 g/mol. The number of nitrogens with one attached hydrogen (secondary N) is 2. The normalized spacial score (nSPS) is 13.2. The van der Waals surface area contributed by atoms with Crippen LogP contribution in [0, 0.1) is 25.6 Å². The van der Waals surface area contributed by atoms with Crippen molar-refractivity contribution in [3.8, 4) is 0 Å². The van der Waals surface area contributed by atoms with Gasteiger partial charge in [0.05, 0.1) is 9.85 Å². The smallest absolute Gasteiger partial charge is 0.306 e. The fraction of sp³-hybridized carbons (Fsp3) is 0. The van der Waals surface area contributed by atoms with Crippen LogP contribution < -0.4 is 5.32 Å². The summed E-state index contributed by atoms with van der Waals surface area (Å²) in [6.07, 6.45) is 0. The van der Waals surface area contributed by atoms with Gasteiger partial charge in [-0.3, -0.25) is 30.4 Å². The Morgan fingerprint density at radius 3 is 2.35 bits per heavy atom. The Morgan fingerprint density at radius 1 is 1.18 bits per heavy atom. The van der Waals surface area contributed by atoms with E-state index in [1.165, 1.54) is 0 Å². The molecule has 1 aromatic rings. The Hall–Kier alpha value is -2.84. The van der Waals surface area contributed by atoms with E-state index in [2.05, 4.69) is 5.32 Å². The van der Waals surface area contributed by atoms with Crippen LogP contribution in [0.15, 0.2) is 12.1 Å². The number of nitro groups is 2. The van der Waals surface area contributed by atoms with Gasteiger partial charge in [-0.05, 0) is 6.07 Å². The molecule has 1 heterocycles. The van der Waals surface area contributed by atoms with Gasteiger partial charge in [-0.25, -0.2) is 0 Å². The predicted octanol–water partition coefficient (Wildman–Crippen LogP) is 0.572. The third kappa shape index (κ3) is 1.40. The van der Waals surface area contributed by atoms with Gasteiger partial charge in [0.1, 0.15) is 11.4 Å². The molecule has 9 nitrogen and oxygen atoms in total. The average Bonchev–Trinajstić information content (AvgIpc) is 2.53. The third-order valence-electron chi connectivity index (χ3n) is 2.27. The lowest BCUT2D eigenvalue weighted by Crippen LogP contribution is -2.20. The molecule has 9 heteroatoms. The highest BCUT2D eigenvalue weighted by molar-refractivity contribution is 6.24. The van der Waals surface area contributed by atoms with E-state index in [0.717, 1.165) is 12.1 Å². The molecule has 0 aromatic heterocycles. The maximum Gasteiger partial charge on any atom is 0.359 e. The third-order valence-corrected chi connectivity index (χ3v) is 2.27. The van der Waals surface area contributed by atoms with Crippen LogP contribution in [0.3, 0.4) is 0 Å². The Labute approximate surface area is 92.9 Å². The Balaban J connectivity index is 2.84. The molecule has 0 atom stereocenters. The number of hydrogen-bond donors (Lipinski definition) is 2. The number of carbonyl (C=O) groups excluding carboxylic acids is 1. The van der Waals surface area contributed by atoms with Crippen LogP contribution in [0.4, 0.5) is 11.4 Å². The first-order valence-corrected chi connectivity index (χ1v) is 4.29. The zero-order chi connectivity index (χ0) is 12.7. The van der Waals surface area contributed by atoms with Crippen LogP contribution in [0.5, 0.6) is 0 Å². The summed E-state index contributed by atoms with van der Waals surface area (Å²) in [4.78, 5) is 30.9. The van der Waals surface area contributed by atoms with Crippen LogP contribution in [0.25, 0.3) is 0 Å². The molecular formula is C8H4N4O5. The summed E-state index contributed by atoms with van der Waals surface area (Å²) in [6, 6.07) is 2.05. The molecule has 1 amide bonds. The highest BCUT2D eigenvalue weighted by Crippen LogP contribution is 2.34. The van der Waals surface area contributed by atoms with Crippen molar-refractivity contribution in [1.82, 2.24) is 5.32 Å². The molecule has 86 valence electrons. The van der Waals surface area contributed by atoms with E-state index in [1.54, 1.807) is 0 Å². The zero-order valence-corrected chi connectivity index (χ0v) is 8.09. The maximum absolute atomic E-state index is 11.4. The second kappa shape index (κ2) is 3.33. The van der Waals surface area contributed by atoms with Gasteiger partial charge >= 0.3 is 11.4 Å². The maximum atomic E-state index is 11.4. The van der Waals surface area contributed by atoms with Crippen molar-refractivity contribution >= 4 is 23.1 Å². The summed E-state index contributed by atoms with van der Waals surface area (Å²) >= 11 is 0. The Kier molecular flexibility index (Phi) is 2.09. The van der Waals surface area contributed by atoms with E-state index in [0.29, 0.717) is 0 Å². The first-order chi connectivity index (χ1) is 7.93. The molecule has 0 fully saturated rings. The molecule has 1 aliphatic rings. The fourth-order valence-electron chi connectivity index (χ4n) is 1.59. The molecule has 0 aliphatic carbocycles. The quantitative estimate of drug-likeness (QED) is 0.570. The Morgan fingerprint density at radius 2 is 1.82 bits per heavy atom. The summed E-state index contributed by atoms with van der Waals surface area (Å²) in [5.41, 5.74) is -2.09. The summed E-state index contributed by atoms with van der Waals surface area (Å²) in [5, 5.41) is 30.8. The van der Waals surface area contributed by atoms with E-state index in [4.69, 9.17) is 5.41 Å². The van der Waals surface area contributed by atoms with Crippen molar-refractivity contribution in [2.45, 2.75) is 0 Å². The molecule has 1 aliphatic heterocycles. The largest absolute Gasteiger partial charge is 0.359 e. The predicted molar refractivity (Wildman–Crippen MR) is 54.0 cm³/mol. The van der Waals surface area contributed by atoms with E-state index >= 15 is 0 Å². The van der Waals surface area contributed by atoms with Gasteiger partial charge < -0.3 is 5.32 Å². The molecule has 0 spiro atoms. The molecule has 0 bridgehead atoms. The number of amides is 1. The number of rotatable bonds is 2. The summed E-state index contributed by atoms with van der Waals surface area (Å²) in [6.45, 7) is 0. The van der Waals surface area contributed by atoms with Gasteiger partial charge in [0.25, 0.3) is 5.91 Å². The molecule has 0 radical (unpaired) electrons. The van der Waals surface area contributed by atoms with Crippen LogP contribution in [0.1, 0.15) is 15.9 Å². The minimum Gasteiger partial charge on any atom is -0.306 e. The summed E-state index contributed by atoms with van der Waals surface area (Å²) in [7, 11) is 0. The molecule has 0 unspecified atom stereocenters. The average molecular weight is 236 g/mol. The van der Waals surface area contributed by atoms with Gasteiger partial charge in [-0.15, -0.1) is 0 Å². The molecule has 0 saturated heterocycles. The van der Waals surface area contributed by atoms with Gasteiger partial charge in [-0.2, -0.15) is 0 Å². The number of benzene rings is 1. The lowest BCUT2D eigenvalue weighted by Gasteiger charge is -1.98. The molecule has 1 aromatic carbocycles. The lowest BCUT2D eigenvalue weighted by atomic mass is 10.1. The lowest BCUT2D eigenvalue weighted by molar-refractivity contribution is -0.422. The van der Waals surface area contributed by atoms with Gasteiger partial charge in [0.15, 0.2) is 0 Å². The SMILES string of the molecule is N=C1NC(=O)c2c1ccc([N+](=O)[O-])c2[N+](=O)[O-]. The number of carbonyl (C=O) groups is 1. The van der Waals surface area contributed by atoms with Crippen LogP contribution in [-0.2, 0) is 0 Å². The van der Waals surface area contributed by atoms with Crippen molar-refractivity contribution in [2.24, 2.45) is 0 Å². The van der Waals surface area contributed by atoms with Crippen LogP contribution in [-0.4, -0.2) is 21.6 Å². The number of hydrogen-bond acceptors (Lipinski definition) is 6. The topological polar surface area (TPSA) is 139 Å². The highest BCUT2D eigenvalue weighted by atomic mass is 16.6. The summed E-state index contributed by atoms with van der Waals surface area (Å²) in [5.74, 6) is -1.18. The van der Waals surface area contributed by atoms with E-state index in [1.807, 2.05) is 0 Å². The monoisotopic (exact) mass is 236 g/mol. The number of amidine groups is 1. The summed E-state index contributed by atoms with van der Waals surface area (Å²) < 4.78 is 0. The second-order valence-electron chi connectivity index (χ2n) is 3.20. The minimum absolute atomic E-state index is 0.00713. The van der Waals surface area contributed by atoms with Crippen molar-refractivity contribution < 1.29 is 14.6 Å². The molecule has 17 heavy (non-hydrogen) atoms. The standard InChI is InChI=1S/C8H4N4O5/c9-7-3-1-2-4(11(14)15)6(12(16)17)5(3)8(13)10-7/h1-2H,(H2,9,10,13).